The molecule has 2 amide bonds. The van der Waals surface area contributed by atoms with Gasteiger partial charge in [-0.1, -0.05) is 20.8 Å². The van der Waals surface area contributed by atoms with Gasteiger partial charge in [0.05, 0.1) is 6.54 Å². The van der Waals surface area contributed by atoms with Crippen LogP contribution < -0.4 is 16.4 Å². The Hall–Kier alpha value is -1.10. The zero-order chi connectivity index (χ0) is 15.8. The first-order valence-electron chi connectivity index (χ1n) is 7.64. The number of amides is 2. The van der Waals surface area contributed by atoms with Gasteiger partial charge in [-0.05, 0) is 26.7 Å². The minimum atomic E-state index is -0.491. The van der Waals surface area contributed by atoms with Crippen LogP contribution >= 0.6 is 0 Å². The molecule has 2 atom stereocenters. The molecule has 0 saturated carbocycles. The lowest BCUT2D eigenvalue weighted by Gasteiger charge is -2.29. The van der Waals surface area contributed by atoms with Gasteiger partial charge in [0.2, 0.25) is 11.8 Å². The van der Waals surface area contributed by atoms with Crippen molar-refractivity contribution in [3.05, 3.63) is 0 Å². The maximum Gasteiger partial charge on any atom is 0.225 e. The van der Waals surface area contributed by atoms with E-state index in [9.17, 15) is 9.59 Å². The van der Waals surface area contributed by atoms with Crippen LogP contribution in [0, 0.1) is 11.3 Å². The van der Waals surface area contributed by atoms with E-state index in [1.54, 1.807) is 0 Å². The van der Waals surface area contributed by atoms with Crippen LogP contribution in [0.15, 0.2) is 0 Å². The van der Waals surface area contributed by atoms with Crippen molar-refractivity contribution in [3.8, 4) is 0 Å². The molecule has 5 nitrogen and oxygen atoms in total. The van der Waals surface area contributed by atoms with Gasteiger partial charge in [0.15, 0.2) is 0 Å². The smallest absolute Gasteiger partial charge is 0.225 e. The van der Waals surface area contributed by atoms with E-state index in [1.165, 1.54) is 0 Å². The van der Waals surface area contributed by atoms with Crippen molar-refractivity contribution in [2.75, 3.05) is 13.1 Å². The lowest BCUT2D eigenvalue weighted by Crippen LogP contribution is -2.51. The molecule has 0 fully saturated rings. The zero-order valence-corrected chi connectivity index (χ0v) is 13.7. The lowest BCUT2D eigenvalue weighted by atomic mass is 9.78. The number of hydrogen-bond donors (Lipinski definition) is 3. The number of carbonyl (C=O) groups excluding carboxylic acids is 2. The minimum absolute atomic E-state index is 0.0187. The lowest BCUT2D eigenvalue weighted by molar-refractivity contribution is -0.367. The summed E-state index contributed by atoms with van der Waals surface area (Å²) in [5.74, 6) is -0.108. The highest BCUT2D eigenvalue weighted by atomic mass is 16.2. The van der Waals surface area contributed by atoms with Gasteiger partial charge >= 0.3 is 0 Å². The summed E-state index contributed by atoms with van der Waals surface area (Å²) in [5.41, 5.74) is 3.27. The van der Waals surface area contributed by atoms with Crippen LogP contribution in [0.5, 0.6) is 0 Å². The first-order valence-corrected chi connectivity index (χ1v) is 7.64. The first-order chi connectivity index (χ1) is 9.26. The van der Waals surface area contributed by atoms with Crippen molar-refractivity contribution < 1.29 is 15.3 Å². The third-order valence-electron chi connectivity index (χ3n) is 3.68. The molecule has 5 heteroatoms. The number of hydrogen-bond acceptors (Lipinski definition) is 2. The molecule has 2 unspecified atom stereocenters. The molecule has 5 N–H and O–H groups in total. The van der Waals surface area contributed by atoms with E-state index in [2.05, 4.69) is 16.4 Å². The van der Waals surface area contributed by atoms with Gasteiger partial charge < -0.3 is 16.4 Å². The van der Waals surface area contributed by atoms with E-state index in [1.807, 2.05) is 34.6 Å². The van der Waals surface area contributed by atoms with Crippen LogP contribution in [0.25, 0.3) is 0 Å². The van der Waals surface area contributed by atoms with Crippen LogP contribution in [-0.2, 0) is 9.59 Å². The summed E-state index contributed by atoms with van der Waals surface area (Å²) in [4.78, 5) is 24.3. The Bertz CT molecular complexity index is 318. The highest BCUT2D eigenvalue weighted by molar-refractivity contribution is 5.84. The normalized spacial score (nSPS) is 15.6. The second-order valence-corrected chi connectivity index (χ2v) is 6.15. The van der Waals surface area contributed by atoms with Crippen molar-refractivity contribution in [1.82, 2.24) is 10.6 Å². The molecule has 0 spiro atoms. The second kappa shape index (κ2) is 8.95. The molecular weight excluding hydrogens is 254 g/mol. The van der Waals surface area contributed by atoms with Gasteiger partial charge in [-0.15, -0.1) is 0 Å². The molecule has 0 saturated heterocycles. The van der Waals surface area contributed by atoms with E-state index >= 15 is 0 Å². The minimum Gasteiger partial charge on any atom is -0.358 e. The molecule has 0 radical (unpaired) electrons. The Morgan fingerprint density at radius 1 is 1.25 bits per heavy atom. The van der Waals surface area contributed by atoms with E-state index in [0.29, 0.717) is 13.0 Å². The molecular formula is C15H32N3O2+. The van der Waals surface area contributed by atoms with Crippen molar-refractivity contribution >= 4 is 11.8 Å². The summed E-state index contributed by atoms with van der Waals surface area (Å²) in [5, 5.41) is 5.85. The molecule has 0 aromatic rings. The Kier molecular flexibility index (Phi) is 8.46. The number of nitrogens with one attached hydrogen (secondary N) is 2. The molecule has 0 aromatic carbocycles. The quantitative estimate of drug-likeness (QED) is 0.545. The van der Waals surface area contributed by atoms with Crippen LogP contribution in [0.2, 0.25) is 0 Å². The fourth-order valence-electron chi connectivity index (χ4n) is 2.13. The number of carbonyl (C=O) groups is 2. The highest BCUT2D eigenvalue weighted by Gasteiger charge is 2.34. The van der Waals surface area contributed by atoms with Crippen molar-refractivity contribution in [2.45, 2.75) is 59.9 Å². The van der Waals surface area contributed by atoms with Crippen LogP contribution in [0.1, 0.15) is 53.9 Å². The standard InChI is InChI=1S/C15H31N3O2/c1-6-15(5,14(20)17-9-7-8-16)10-12(4)13(19)18-11(2)3/h11-12H,6-10,16H2,1-5H3,(H,17,20)(H,18,19)/p+1. The summed E-state index contributed by atoms with van der Waals surface area (Å²) < 4.78 is 0. The summed E-state index contributed by atoms with van der Waals surface area (Å²) in [6.45, 7) is 11.2. The van der Waals surface area contributed by atoms with Crippen molar-refractivity contribution in [1.29, 1.82) is 0 Å². The Labute approximate surface area is 123 Å². The summed E-state index contributed by atoms with van der Waals surface area (Å²) in [6.07, 6.45) is 2.18. The maximum absolute atomic E-state index is 12.3. The fourth-order valence-corrected chi connectivity index (χ4v) is 2.13. The molecule has 118 valence electrons. The third-order valence-corrected chi connectivity index (χ3v) is 3.68. The molecule has 0 heterocycles. The zero-order valence-electron chi connectivity index (χ0n) is 13.7. The fraction of sp³-hybridized carbons (Fsp3) is 0.867. The van der Waals surface area contributed by atoms with E-state index in [-0.39, 0.29) is 23.8 Å². The van der Waals surface area contributed by atoms with Gasteiger partial charge in [-0.25, -0.2) is 0 Å². The van der Waals surface area contributed by atoms with E-state index in [0.717, 1.165) is 19.4 Å². The van der Waals surface area contributed by atoms with Gasteiger partial charge in [0, 0.05) is 30.3 Å². The average molecular weight is 286 g/mol. The Morgan fingerprint density at radius 2 is 1.85 bits per heavy atom. The topological polar surface area (TPSA) is 85.8 Å². The molecule has 0 aliphatic heterocycles. The van der Waals surface area contributed by atoms with E-state index in [4.69, 9.17) is 0 Å². The highest BCUT2D eigenvalue weighted by Crippen LogP contribution is 2.30. The molecule has 0 aliphatic rings. The van der Waals surface area contributed by atoms with Crippen molar-refractivity contribution in [2.24, 2.45) is 11.3 Å². The number of rotatable bonds is 9. The van der Waals surface area contributed by atoms with E-state index < -0.39 is 5.41 Å². The monoisotopic (exact) mass is 286 g/mol. The van der Waals surface area contributed by atoms with Gasteiger partial charge in [0.1, 0.15) is 0 Å². The van der Waals surface area contributed by atoms with Gasteiger partial charge in [0.25, 0.3) is 0 Å². The summed E-state index contributed by atoms with van der Waals surface area (Å²) >= 11 is 0. The van der Waals surface area contributed by atoms with Crippen molar-refractivity contribution in [3.63, 3.8) is 0 Å². The van der Waals surface area contributed by atoms with Crippen LogP contribution in [-0.4, -0.2) is 30.9 Å². The predicted molar refractivity (Wildman–Crippen MR) is 80.8 cm³/mol. The van der Waals surface area contributed by atoms with Gasteiger partial charge in [-0.2, -0.15) is 0 Å². The largest absolute Gasteiger partial charge is 0.358 e. The molecule has 0 aliphatic carbocycles. The SMILES string of the molecule is CCC(C)(CC(C)C(=O)NC(C)C)C(=O)NCCC[NH3+]. The maximum atomic E-state index is 12.3. The number of quaternary nitrogens is 1. The Morgan fingerprint density at radius 3 is 2.30 bits per heavy atom. The molecule has 0 aromatic heterocycles. The predicted octanol–water partition coefficient (Wildman–Crippen LogP) is 0.702. The second-order valence-electron chi connectivity index (χ2n) is 6.15. The summed E-state index contributed by atoms with van der Waals surface area (Å²) in [7, 11) is 0. The average Bonchev–Trinajstić information content (AvgIpc) is 2.37. The van der Waals surface area contributed by atoms with Crippen LogP contribution in [0.3, 0.4) is 0 Å². The summed E-state index contributed by atoms with van der Waals surface area (Å²) in [6, 6.07) is 0.128. The van der Waals surface area contributed by atoms with Crippen LogP contribution in [0.4, 0.5) is 0 Å². The molecule has 0 rings (SSSR count). The molecule has 20 heavy (non-hydrogen) atoms. The Balaban J connectivity index is 4.55. The first kappa shape index (κ1) is 18.9. The van der Waals surface area contributed by atoms with Gasteiger partial charge in [-0.3, -0.25) is 9.59 Å². The molecule has 0 bridgehead atoms. The third kappa shape index (κ3) is 6.37.